The maximum atomic E-state index is 11.1. The maximum absolute atomic E-state index is 11.1. The minimum Gasteiger partial charge on any atom is -0.393 e. The summed E-state index contributed by atoms with van der Waals surface area (Å²) in [5.74, 6) is 0.185. The van der Waals surface area contributed by atoms with Crippen molar-refractivity contribution in [1.82, 2.24) is 4.90 Å². The summed E-state index contributed by atoms with van der Waals surface area (Å²) in [7, 11) is 0. The zero-order valence-corrected chi connectivity index (χ0v) is 7.92. The maximum Gasteiger partial charge on any atom is 0.237 e. The average Bonchev–Trinajstić information content (AvgIpc) is 2.08. The fourth-order valence-electron chi connectivity index (χ4n) is 1.44. The van der Waals surface area contributed by atoms with E-state index in [4.69, 9.17) is 11.6 Å². The molecule has 0 unspecified atom stereocenters. The number of piperidine rings is 1. The van der Waals surface area contributed by atoms with Gasteiger partial charge in [0.05, 0.1) is 6.10 Å². The summed E-state index contributed by atoms with van der Waals surface area (Å²) in [6.07, 6.45) is 0.411. The van der Waals surface area contributed by atoms with Crippen LogP contribution in [-0.4, -0.2) is 41.0 Å². The Bertz CT molecular complexity index is 174. The SMILES string of the molecule is C[C@@H]1CN(C(=O)CCl)CC[C@@H]1O. The number of hydrogen-bond donors (Lipinski definition) is 1. The van der Waals surface area contributed by atoms with E-state index in [0.717, 1.165) is 0 Å². The highest BCUT2D eigenvalue weighted by Gasteiger charge is 2.26. The molecule has 0 aromatic heterocycles. The molecule has 12 heavy (non-hydrogen) atoms. The molecular weight excluding hydrogens is 178 g/mol. The first-order chi connectivity index (χ1) is 5.65. The molecule has 0 aromatic carbocycles. The first-order valence-corrected chi connectivity index (χ1v) is 4.70. The molecule has 70 valence electrons. The number of halogens is 1. The molecule has 1 heterocycles. The normalized spacial score (nSPS) is 30.4. The predicted octanol–water partition coefficient (Wildman–Crippen LogP) is 0.455. The summed E-state index contributed by atoms with van der Waals surface area (Å²) in [6.45, 7) is 3.21. The Morgan fingerprint density at radius 2 is 2.42 bits per heavy atom. The van der Waals surface area contributed by atoms with Gasteiger partial charge in [0.1, 0.15) is 5.88 Å². The molecule has 2 atom stereocenters. The van der Waals surface area contributed by atoms with Crippen molar-refractivity contribution in [1.29, 1.82) is 0 Å². The summed E-state index contributed by atoms with van der Waals surface area (Å²) in [4.78, 5) is 12.8. The lowest BCUT2D eigenvalue weighted by Gasteiger charge is -2.33. The van der Waals surface area contributed by atoms with Gasteiger partial charge < -0.3 is 10.0 Å². The minimum absolute atomic E-state index is 0.0320. The van der Waals surface area contributed by atoms with Gasteiger partial charge in [-0.1, -0.05) is 6.92 Å². The second-order valence-corrected chi connectivity index (χ2v) is 3.57. The van der Waals surface area contributed by atoms with Gasteiger partial charge in [-0.3, -0.25) is 4.79 Å². The average molecular weight is 192 g/mol. The van der Waals surface area contributed by atoms with Crippen LogP contribution in [0.1, 0.15) is 13.3 Å². The largest absolute Gasteiger partial charge is 0.393 e. The molecule has 1 rings (SSSR count). The Morgan fingerprint density at radius 3 is 2.92 bits per heavy atom. The van der Waals surface area contributed by atoms with E-state index in [1.807, 2.05) is 6.92 Å². The highest BCUT2D eigenvalue weighted by atomic mass is 35.5. The molecular formula is C8H14ClNO2. The van der Waals surface area contributed by atoms with Crippen LogP contribution < -0.4 is 0 Å². The number of nitrogens with zero attached hydrogens (tertiary/aromatic N) is 1. The van der Waals surface area contributed by atoms with E-state index in [0.29, 0.717) is 19.5 Å². The molecule has 1 N–H and O–H groups in total. The molecule has 1 saturated heterocycles. The molecule has 0 radical (unpaired) electrons. The van der Waals surface area contributed by atoms with Crippen molar-refractivity contribution in [3.8, 4) is 0 Å². The minimum atomic E-state index is -0.260. The Morgan fingerprint density at radius 1 is 1.75 bits per heavy atom. The molecule has 0 aromatic rings. The summed E-state index contributed by atoms with van der Waals surface area (Å²) in [5, 5.41) is 9.38. The zero-order valence-electron chi connectivity index (χ0n) is 7.16. The Kier molecular flexibility index (Phi) is 3.35. The lowest BCUT2D eigenvalue weighted by atomic mass is 9.97. The molecule has 0 aliphatic carbocycles. The smallest absolute Gasteiger partial charge is 0.237 e. The summed E-state index contributed by atoms with van der Waals surface area (Å²) in [6, 6.07) is 0. The third kappa shape index (κ3) is 2.11. The van der Waals surface area contributed by atoms with Crippen LogP contribution >= 0.6 is 11.6 Å². The third-order valence-electron chi connectivity index (χ3n) is 2.33. The molecule has 0 spiro atoms. The van der Waals surface area contributed by atoms with Crippen LogP contribution in [0.4, 0.5) is 0 Å². The van der Waals surface area contributed by atoms with Crippen LogP contribution in [0.25, 0.3) is 0 Å². The van der Waals surface area contributed by atoms with Crippen LogP contribution in [0, 0.1) is 5.92 Å². The Hall–Kier alpha value is -0.280. The number of carbonyl (C=O) groups is 1. The van der Waals surface area contributed by atoms with Gasteiger partial charge in [-0.2, -0.15) is 0 Å². The van der Waals surface area contributed by atoms with Crippen molar-refractivity contribution < 1.29 is 9.90 Å². The molecule has 1 aliphatic heterocycles. The van der Waals surface area contributed by atoms with Gasteiger partial charge in [-0.15, -0.1) is 11.6 Å². The van der Waals surface area contributed by atoms with Gasteiger partial charge in [0, 0.05) is 13.1 Å². The molecule has 4 heteroatoms. The number of alkyl halides is 1. The summed E-state index contributed by atoms with van der Waals surface area (Å²) < 4.78 is 0. The van der Waals surface area contributed by atoms with Crippen molar-refractivity contribution >= 4 is 17.5 Å². The molecule has 1 fully saturated rings. The molecule has 3 nitrogen and oxygen atoms in total. The van der Waals surface area contributed by atoms with Crippen molar-refractivity contribution in [2.24, 2.45) is 5.92 Å². The van der Waals surface area contributed by atoms with Crippen molar-refractivity contribution in [3.63, 3.8) is 0 Å². The second kappa shape index (κ2) is 4.10. The fourth-order valence-corrected chi connectivity index (χ4v) is 1.61. The highest BCUT2D eigenvalue weighted by Crippen LogP contribution is 2.16. The van der Waals surface area contributed by atoms with E-state index in [1.165, 1.54) is 0 Å². The molecule has 1 amide bonds. The van der Waals surface area contributed by atoms with Crippen LogP contribution in [-0.2, 0) is 4.79 Å². The van der Waals surface area contributed by atoms with Gasteiger partial charge >= 0.3 is 0 Å². The topological polar surface area (TPSA) is 40.5 Å². The summed E-state index contributed by atoms with van der Waals surface area (Å²) >= 11 is 5.42. The fraction of sp³-hybridized carbons (Fsp3) is 0.875. The first-order valence-electron chi connectivity index (χ1n) is 4.17. The van der Waals surface area contributed by atoms with E-state index < -0.39 is 0 Å². The van der Waals surface area contributed by atoms with E-state index >= 15 is 0 Å². The lowest BCUT2D eigenvalue weighted by Crippen LogP contribution is -2.45. The predicted molar refractivity (Wildman–Crippen MR) is 47.1 cm³/mol. The number of carbonyl (C=O) groups excluding carboxylic acids is 1. The van der Waals surface area contributed by atoms with Gasteiger partial charge in [0.25, 0.3) is 0 Å². The Labute approximate surface area is 77.3 Å². The number of amides is 1. The molecule has 0 saturated carbocycles. The van der Waals surface area contributed by atoms with Crippen molar-refractivity contribution in [3.05, 3.63) is 0 Å². The molecule has 1 aliphatic rings. The van der Waals surface area contributed by atoms with E-state index in [9.17, 15) is 9.90 Å². The number of aliphatic hydroxyl groups excluding tert-OH is 1. The lowest BCUT2D eigenvalue weighted by molar-refractivity contribution is -0.131. The van der Waals surface area contributed by atoms with Gasteiger partial charge in [-0.25, -0.2) is 0 Å². The highest BCUT2D eigenvalue weighted by molar-refractivity contribution is 6.27. The standard InChI is InChI=1S/C8H14ClNO2/c1-6-5-10(8(12)4-9)3-2-7(6)11/h6-7,11H,2-5H2,1H3/t6-,7+/m1/s1. The quantitative estimate of drug-likeness (QED) is 0.612. The van der Waals surface area contributed by atoms with E-state index in [1.54, 1.807) is 4.90 Å². The van der Waals surface area contributed by atoms with Crippen molar-refractivity contribution in [2.75, 3.05) is 19.0 Å². The van der Waals surface area contributed by atoms with Gasteiger partial charge in [0.2, 0.25) is 5.91 Å². The van der Waals surface area contributed by atoms with Gasteiger partial charge in [-0.05, 0) is 12.3 Å². The number of aliphatic hydroxyl groups is 1. The zero-order chi connectivity index (χ0) is 9.14. The second-order valence-electron chi connectivity index (χ2n) is 3.31. The van der Waals surface area contributed by atoms with Crippen LogP contribution in [0.3, 0.4) is 0 Å². The monoisotopic (exact) mass is 191 g/mol. The van der Waals surface area contributed by atoms with Crippen LogP contribution in [0.2, 0.25) is 0 Å². The van der Waals surface area contributed by atoms with Crippen LogP contribution in [0.5, 0.6) is 0 Å². The van der Waals surface area contributed by atoms with Gasteiger partial charge in [0.15, 0.2) is 0 Å². The first kappa shape index (κ1) is 9.81. The number of hydrogen-bond acceptors (Lipinski definition) is 2. The molecule has 0 bridgehead atoms. The van der Waals surface area contributed by atoms with E-state index in [2.05, 4.69) is 0 Å². The number of likely N-dealkylation sites (tertiary alicyclic amines) is 1. The summed E-state index contributed by atoms with van der Waals surface area (Å²) in [5.41, 5.74) is 0. The van der Waals surface area contributed by atoms with Crippen molar-refractivity contribution in [2.45, 2.75) is 19.4 Å². The third-order valence-corrected chi connectivity index (χ3v) is 2.56. The Balaban J connectivity index is 2.45. The number of rotatable bonds is 1. The van der Waals surface area contributed by atoms with E-state index in [-0.39, 0.29) is 23.8 Å². The van der Waals surface area contributed by atoms with Crippen LogP contribution in [0.15, 0.2) is 0 Å².